The standard InChI is InChI=1S/C24H28N2O/c1-3-25(4-2)23-14-11-19-7-5-6-8-22(19)24(23)20-9-12-21(13-10-20)26-15-17-27-18-16-26/h5-14H,3-4,15-18H2,1-2H3. The minimum absolute atomic E-state index is 0.817. The maximum absolute atomic E-state index is 5.48. The molecule has 0 spiro atoms. The highest BCUT2D eigenvalue weighted by atomic mass is 16.5. The van der Waals surface area contributed by atoms with Gasteiger partial charge in [-0.2, -0.15) is 0 Å². The van der Waals surface area contributed by atoms with E-state index in [-0.39, 0.29) is 0 Å². The van der Waals surface area contributed by atoms with E-state index in [0.717, 1.165) is 39.4 Å². The summed E-state index contributed by atoms with van der Waals surface area (Å²) < 4.78 is 5.48. The van der Waals surface area contributed by atoms with Gasteiger partial charge in [-0.05, 0) is 48.4 Å². The predicted octanol–water partition coefficient (Wildman–Crippen LogP) is 5.19. The molecule has 0 unspecified atom stereocenters. The van der Waals surface area contributed by atoms with E-state index in [4.69, 9.17) is 4.74 Å². The van der Waals surface area contributed by atoms with Gasteiger partial charge in [-0.1, -0.05) is 42.5 Å². The van der Waals surface area contributed by atoms with Crippen molar-refractivity contribution in [3.8, 4) is 11.1 Å². The number of morpholine rings is 1. The molecule has 0 radical (unpaired) electrons. The molecule has 140 valence electrons. The summed E-state index contributed by atoms with van der Waals surface area (Å²) in [5, 5.41) is 2.61. The largest absolute Gasteiger partial charge is 0.378 e. The first-order valence-corrected chi connectivity index (χ1v) is 10.0. The zero-order chi connectivity index (χ0) is 18.6. The van der Waals surface area contributed by atoms with Crippen molar-refractivity contribution in [3.63, 3.8) is 0 Å². The van der Waals surface area contributed by atoms with Crippen LogP contribution in [0.4, 0.5) is 11.4 Å². The first-order chi connectivity index (χ1) is 13.3. The van der Waals surface area contributed by atoms with Gasteiger partial charge < -0.3 is 14.5 Å². The molecule has 27 heavy (non-hydrogen) atoms. The van der Waals surface area contributed by atoms with Crippen LogP contribution in [-0.2, 0) is 4.74 Å². The average Bonchev–Trinajstić information content (AvgIpc) is 2.75. The van der Waals surface area contributed by atoms with E-state index < -0.39 is 0 Å². The number of hydrogen-bond donors (Lipinski definition) is 0. The summed E-state index contributed by atoms with van der Waals surface area (Å²) in [6.07, 6.45) is 0. The van der Waals surface area contributed by atoms with E-state index in [1.807, 2.05) is 0 Å². The SMILES string of the molecule is CCN(CC)c1ccc2ccccc2c1-c1ccc(N2CCOCC2)cc1. The van der Waals surface area contributed by atoms with Crippen LogP contribution < -0.4 is 9.80 Å². The van der Waals surface area contributed by atoms with E-state index in [1.54, 1.807) is 0 Å². The molecule has 0 saturated carbocycles. The molecule has 1 saturated heterocycles. The van der Waals surface area contributed by atoms with Crippen LogP contribution in [0.1, 0.15) is 13.8 Å². The summed E-state index contributed by atoms with van der Waals surface area (Å²) in [4.78, 5) is 4.85. The molecule has 1 fully saturated rings. The minimum atomic E-state index is 0.817. The molecule has 3 aromatic carbocycles. The Bertz CT molecular complexity index is 894. The van der Waals surface area contributed by atoms with E-state index in [0.29, 0.717) is 0 Å². The van der Waals surface area contributed by atoms with Crippen molar-refractivity contribution in [2.75, 3.05) is 49.2 Å². The Morgan fingerprint density at radius 2 is 1.56 bits per heavy atom. The van der Waals surface area contributed by atoms with Crippen LogP contribution in [0.15, 0.2) is 60.7 Å². The molecule has 3 heteroatoms. The Labute approximate surface area is 162 Å². The number of fused-ring (bicyclic) bond motifs is 1. The van der Waals surface area contributed by atoms with Gasteiger partial charge in [0.15, 0.2) is 0 Å². The molecule has 1 aliphatic heterocycles. The number of nitrogens with zero attached hydrogens (tertiary/aromatic N) is 2. The van der Waals surface area contributed by atoms with Crippen LogP contribution in [0.5, 0.6) is 0 Å². The fraction of sp³-hybridized carbons (Fsp3) is 0.333. The number of hydrogen-bond acceptors (Lipinski definition) is 3. The van der Waals surface area contributed by atoms with Crippen molar-refractivity contribution in [2.45, 2.75) is 13.8 Å². The summed E-state index contributed by atoms with van der Waals surface area (Å²) in [5.41, 5.74) is 5.22. The molecule has 0 atom stereocenters. The molecule has 0 N–H and O–H groups in total. The average molecular weight is 361 g/mol. The number of ether oxygens (including phenoxy) is 1. The zero-order valence-corrected chi connectivity index (χ0v) is 16.3. The van der Waals surface area contributed by atoms with Crippen LogP contribution in [0.25, 0.3) is 21.9 Å². The van der Waals surface area contributed by atoms with Crippen LogP contribution in [0.2, 0.25) is 0 Å². The monoisotopic (exact) mass is 360 g/mol. The van der Waals surface area contributed by atoms with Crippen molar-refractivity contribution >= 4 is 22.1 Å². The van der Waals surface area contributed by atoms with Gasteiger partial charge in [-0.3, -0.25) is 0 Å². The highest BCUT2D eigenvalue weighted by Crippen LogP contribution is 2.38. The molecule has 0 bridgehead atoms. The molecule has 0 aromatic heterocycles. The number of rotatable bonds is 5. The summed E-state index contributed by atoms with van der Waals surface area (Å²) in [6.45, 7) is 10.0. The molecule has 3 aromatic rings. The Kier molecular flexibility index (Phi) is 5.30. The van der Waals surface area contributed by atoms with E-state index in [1.165, 1.54) is 33.3 Å². The number of anilines is 2. The number of benzene rings is 3. The van der Waals surface area contributed by atoms with Gasteiger partial charge in [0.25, 0.3) is 0 Å². The predicted molar refractivity (Wildman–Crippen MR) is 116 cm³/mol. The van der Waals surface area contributed by atoms with Crippen LogP contribution >= 0.6 is 0 Å². The maximum atomic E-state index is 5.48. The van der Waals surface area contributed by atoms with Crippen molar-refractivity contribution < 1.29 is 4.74 Å². The van der Waals surface area contributed by atoms with Gasteiger partial charge in [-0.15, -0.1) is 0 Å². The highest BCUT2D eigenvalue weighted by Gasteiger charge is 2.15. The third kappa shape index (κ3) is 3.52. The van der Waals surface area contributed by atoms with Gasteiger partial charge in [-0.25, -0.2) is 0 Å². The van der Waals surface area contributed by atoms with Crippen molar-refractivity contribution in [2.24, 2.45) is 0 Å². The van der Waals surface area contributed by atoms with Crippen molar-refractivity contribution in [1.29, 1.82) is 0 Å². The smallest absolute Gasteiger partial charge is 0.0642 e. The zero-order valence-electron chi connectivity index (χ0n) is 16.3. The lowest BCUT2D eigenvalue weighted by molar-refractivity contribution is 0.122. The second kappa shape index (κ2) is 8.01. The van der Waals surface area contributed by atoms with Gasteiger partial charge in [0.05, 0.1) is 13.2 Å². The maximum Gasteiger partial charge on any atom is 0.0642 e. The lowest BCUT2D eigenvalue weighted by Crippen LogP contribution is -2.36. The van der Waals surface area contributed by atoms with Crippen LogP contribution in [0, 0.1) is 0 Å². The molecule has 1 aliphatic rings. The normalized spacial score (nSPS) is 14.5. The minimum Gasteiger partial charge on any atom is -0.378 e. The first kappa shape index (κ1) is 17.9. The fourth-order valence-corrected chi connectivity index (χ4v) is 4.05. The van der Waals surface area contributed by atoms with Crippen molar-refractivity contribution in [1.82, 2.24) is 0 Å². The van der Waals surface area contributed by atoms with Gasteiger partial charge in [0.1, 0.15) is 0 Å². The summed E-state index contributed by atoms with van der Waals surface area (Å²) in [6, 6.07) is 22.3. The third-order valence-electron chi connectivity index (χ3n) is 5.54. The molecule has 1 heterocycles. The fourth-order valence-electron chi connectivity index (χ4n) is 4.05. The van der Waals surface area contributed by atoms with Crippen molar-refractivity contribution in [3.05, 3.63) is 60.7 Å². The molecular weight excluding hydrogens is 332 g/mol. The molecule has 0 aliphatic carbocycles. The Balaban J connectivity index is 1.80. The quantitative estimate of drug-likeness (QED) is 0.623. The van der Waals surface area contributed by atoms with Crippen LogP contribution in [0.3, 0.4) is 0 Å². The Morgan fingerprint density at radius 3 is 2.26 bits per heavy atom. The lowest BCUT2D eigenvalue weighted by atomic mass is 9.95. The lowest BCUT2D eigenvalue weighted by Gasteiger charge is -2.29. The summed E-state index contributed by atoms with van der Waals surface area (Å²) in [7, 11) is 0. The van der Waals surface area contributed by atoms with Gasteiger partial charge >= 0.3 is 0 Å². The van der Waals surface area contributed by atoms with Crippen LogP contribution in [-0.4, -0.2) is 39.4 Å². The summed E-state index contributed by atoms with van der Waals surface area (Å²) >= 11 is 0. The summed E-state index contributed by atoms with van der Waals surface area (Å²) in [5.74, 6) is 0. The third-order valence-corrected chi connectivity index (χ3v) is 5.54. The molecular formula is C24H28N2O. The Morgan fingerprint density at radius 1 is 0.852 bits per heavy atom. The van der Waals surface area contributed by atoms with Gasteiger partial charge in [0, 0.05) is 43.1 Å². The van der Waals surface area contributed by atoms with E-state index in [2.05, 4.69) is 84.3 Å². The topological polar surface area (TPSA) is 15.7 Å². The molecule has 3 nitrogen and oxygen atoms in total. The molecule has 4 rings (SSSR count). The van der Waals surface area contributed by atoms with E-state index in [9.17, 15) is 0 Å². The van der Waals surface area contributed by atoms with E-state index >= 15 is 0 Å². The highest BCUT2D eigenvalue weighted by molar-refractivity contribution is 6.03. The second-order valence-electron chi connectivity index (χ2n) is 7.00. The molecule has 0 amide bonds. The first-order valence-electron chi connectivity index (χ1n) is 10.0. The second-order valence-corrected chi connectivity index (χ2v) is 7.00. The Hall–Kier alpha value is -2.52. The van der Waals surface area contributed by atoms with Gasteiger partial charge in [0.2, 0.25) is 0 Å².